The summed E-state index contributed by atoms with van der Waals surface area (Å²) < 4.78 is 18.8. The first-order valence-corrected chi connectivity index (χ1v) is 27.2. The summed E-state index contributed by atoms with van der Waals surface area (Å²) in [5.74, 6) is -0.816. The number of fused-ring (bicyclic) bond motifs is 1. The van der Waals surface area contributed by atoms with Gasteiger partial charge in [0.15, 0.2) is 10.8 Å². The van der Waals surface area contributed by atoms with Gasteiger partial charge in [-0.15, -0.1) is 23.1 Å². The average molecular weight is 1070 g/mol. The van der Waals surface area contributed by atoms with Crippen LogP contribution in [0.1, 0.15) is 81.4 Å². The number of carbonyl (C=O) groups excluding carboxylic acids is 4. The maximum absolute atomic E-state index is 14.8. The lowest BCUT2D eigenvalue weighted by atomic mass is 9.77. The van der Waals surface area contributed by atoms with Crippen LogP contribution in [0.2, 0.25) is 0 Å². The summed E-state index contributed by atoms with van der Waals surface area (Å²) in [6.07, 6.45) is 1.90. The molecule has 388 valence electrons. The van der Waals surface area contributed by atoms with Crippen molar-refractivity contribution in [2.75, 3.05) is 35.4 Å². The summed E-state index contributed by atoms with van der Waals surface area (Å²) in [7, 11) is 1.56. The van der Waals surface area contributed by atoms with Crippen molar-refractivity contribution in [1.29, 1.82) is 0 Å². The van der Waals surface area contributed by atoms with Gasteiger partial charge < -0.3 is 41.1 Å². The molecule has 0 radical (unpaired) electrons. The molecule has 6 aromatic rings. The van der Waals surface area contributed by atoms with E-state index in [9.17, 15) is 19.2 Å². The second-order valence-electron chi connectivity index (χ2n) is 19.6. The fraction of sp³-hybridized carbons (Fsp3) is 0.309. The Balaban J connectivity index is 1.03. The molecular formula is C55H58N9O8S3+. The number of aromatic nitrogens is 3. The highest BCUT2D eigenvalue weighted by molar-refractivity contribution is 8.01. The molecule has 9 rings (SSSR count). The Morgan fingerprint density at radius 1 is 0.867 bits per heavy atom. The van der Waals surface area contributed by atoms with Gasteiger partial charge in [-0.05, 0) is 99.2 Å². The number of methoxy groups -OCH3 is 1. The third-order valence-corrected chi connectivity index (χ3v) is 15.6. The van der Waals surface area contributed by atoms with Crippen molar-refractivity contribution < 1.29 is 42.8 Å². The Morgan fingerprint density at radius 3 is 2.05 bits per heavy atom. The lowest BCUT2D eigenvalue weighted by molar-refractivity contribution is -0.726. The molecule has 4 aromatic carbocycles. The standard InChI is InChI=1S/C55H57N9O8S3/c1-53(2,3)71-50(68)54(4,5)72-62-43(40-32-74-51(58-40)61-55(35-16-10-7-11-17-35,36-18-12-8-13-19-36)37-20-14-9-15-21-37)46(65)60-44-47(66)64-45(49(67)70-29-33-22-26-39(69-6)27-23-33)34(30-73-48(44)64)31-75-52-59-41(56)28-42(57)63(52)38-24-25-38/h7-23,26-28,32,38,44,48H,24-25,29-31H2,1-6H3,(H5,56,57,58,60,61,65)/p+1/b62-43-. The van der Waals surface area contributed by atoms with E-state index in [1.165, 1.54) is 53.6 Å². The van der Waals surface area contributed by atoms with E-state index in [1.807, 2.05) is 95.6 Å². The Hall–Kier alpha value is -7.42. The number of hydrogen-bond acceptors (Lipinski definition) is 17. The van der Waals surface area contributed by atoms with Gasteiger partial charge in [0.25, 0.3) is 11.8 Å². The second kappa shape index (κ2) is 21.8. The van der Waals surface area contributed by atoms with Gasteiger partial charge in [0, 0.05) is 16.9 Å². The lowest BCUT2D eigenvalue weighted by Crippen LogP contribution is -2.71. The van der Waals surface area contributed by atoms with Gasteiger partial charge in [0.2, 0.25) is 17.2 Å². The fourth-order valence-corrected chi connectivity index (χ4v) is 11.9. The first-order chi connectivity index (χ1) is 36.0. The summed E-state index contributed by atoms with van der Waals surface area (Å²) >= 11 is 3.98. The van der Waals surface area contributed by atoms with Crippen molar-refractivity contribution in [2.45, 2.75) is 93.4 Å². The second-order valence-corrected chi connectivity index (χ2v) is 22.5. The molecular weight excluding hydrogens is 1010 g/mol. The quantitative estimate of drug-likeness (QED) is 0.00888. The zero-order valence-corrected chi connectivity index (χ0v) is 44.7. The molecule has 0 spiro atoms. The molecule has 3 aliphatic rings. The molecule has 1 aliphatic carbocycles. The zero-order valence-electron chi connectivity index (χ0n) is 42.3. The van der Waals surface area contributed by atoms with Crippen molar-refractivity contribution in [3.05, 3.63) is 166 Å². The fourth-order valence-electron chi connectivity index (χ4n) is 8.60. The van der Waals surface area contributed by atoms with Crippen LogP contribution in [-0.2, 0) is 45.6 Å². The van der Waals surface area contributed by atoms with Crippen LogP contribution in [0, 0.1) is 0 Å². The molecule has 2 atom stereocenters. The van der Waals surface area contributed by atoms with Gasteiger partial charge >= 0.3 is 17.1 Å². The van der Waals surface area contributed by atoms with Crippen LogP contribution in [0.15, 0.2) is 148 Å². The van der Waals surface area contributed by atoms with Crippen molar-refractivity contribution in [3.63, 3.8) is 0 Å². The number of thiazole rings is 1. The van der Waals surface area contributed by atoms with E-state index in [2.05, 4.69) is 20.8 Å². The number of nitrogen functional groups attached to an aromatic ring is 2. The van der Waals surface area contributed by atoms with E-state index in [0.717, 1.165) is 29.5 Å². The Kier molecular flexibility index (Phi) is 15.3. The summed E-state index contributed by atoms with van der Waals surface area (Å²) in [6, 6.07) is 37.7. The topological polar surface area (TPSA) is 227 Å². The van der Waals surface area contributed by atoms with Crippen molar-refractivity contribution in [2.24, 2.45) is 5.16 Å². The predicted molar refractivity (Wildman–Crippen MR) is 290 cm³/mol. The molecule has 0 bridgehead atoms. The van der Waals surface area contributed by atoms with Gasteiger partial charge in [-0.3, -0.25) is 14.5 Å². The zero-order chi connectivity index (χ0) is 53.1. The monoisotopic (exact) mass is 1070 g/mol. The smallest absolute Gasteiger partial charge is 0.355 e. The maximum Gasteiger partial charge on any atom is 0.355 e. The average Bonchev–Trinajstić information content (AvgIpc) is 4.15. The van der Waals surface area contributed by atoms with Crippen LogP contribution >= 0.6 is 34.9 Å². The molecule has 1 saturated heterocycles. The molecule has 2 aromatic heterocycles. The molecule has 2 aliphatic heterocycles. The summed E-state index contributed by atoms with van der Waals surface area (Å²) in [5.41, 5.74) is 13.1. The Morgan fingerprint density at radius 2 is 1.48 bits per heavy atom. The van der Waals surface area contributed by atoms with Crippen LogP contribution in [0.4, 0.5) is 16.8 Å². The normalized spacial score (nSPS) is 16.9. The van der Waals surface area contributed by atoms with Crippen LogP contribution < -0.4 is 31.4 Å². The van der Waals surface area contributed by atoms with Crippen molar-refractivity contribution >= 4 is 81.1 Å². The Bertz CT molecular complexity index is 3050. The number of nitrogens with zero attached hydrogens (tertiary/aromatic N) is 5. The van der Waals surface area contributed by atoms with E-state index in [1.54, 1.807) is 63.6 Å². The number of ether oxygens (including phenoxy) is 3. The van der Waals surface area contributed by atoms with Gasteiger partial charge in [-0.2, -0.15) is 0 Å². The first kappa shape index (κ1) is 52.4. The van der Waals surface area contributed by atoms with Crippen molar-refractivity contribution in [1.82, 2.24) is 20.2 Å². The molecule has 20 heteroatoms. The summed E-state index contributed by atoms with van der Waals surface area (Å²) in [4.78, 5) is 73.9. The number of β-lactam (4-membered cyclic amide) rings is 1. The van der Waals surface area contributed by atoms with Crippen LogP contribution in [0.25, 0.3) is 0 Å². The number of nitrogens with one attached hydrogen (secondary N) is 2. The number of rotatable bonds is 19. The highest BCUT2D eigenvalue weighted by Gasteiger charge is 2.55. The third-order valence-electron chi connectivity index (χ3n) is 12.5. The van der Waals surface area contributed by atoms with Gasteiger partial charge in [0.05, 0.1) is 19.2 Å². The van der Waals surface area contributed by atoms with Crippen LogP contribution in [0.5, 0.6) is 5.75 Å². The minimum Gasteiger partial charge on any atom is -0.497 e. The number of oxime groups is 1. The number of thioether (sulfide) groups is 2. The Labute approximate surface area is 447 Å². The highest BCUT2D eigenvalue weighted by Crippen LogP contribution is 2.44. The number of esters is 2. The van der Waals surface area contributed by atoms with E-state index in [-0.39, 0.29) is 41.3 Å². The maximum atomic E-state index is 14.8. The molecule has 2 fully saturated rings. The SMILES string of the molecule is COc1ccc(COC(=O)C2=C(CSc3nc(N)cc(N)[n+]3C3CC3)CSC3C(NC(=O)/C(=N\OC(C)(C)C(=O)OC(C)(C)C)c4csc(NC(c5ccccc5)(c5ccccc5)c5ccccc5)n4)C(=O)N23)cc1. The predicted octanol–water partition coefficient (Wildman–Crippen LogP) is 7.77. The number of hydrogen-bond donors (Lipinski definition) is 4. The number of nitrogens with two attached hydrogens (primary N) is 2. The molecule has 1 saturated carbocycles. The number of carbonyl (C=O) groups is 4. The molecule has 17 nitrogen and oxygen atoms in total. The number of benzene rings is 4. The van der Waals surface area contributed by atoms with E-state index in [0.29, 0.717) is 38.7 Å². The molecule has 2 unspecified atom stereocenters. The van der Waals surface area contributed by atoms with E-state index < -0.39 is 51.9 Å². The molecule has 2 amide bonds. The largest absolute Gasteiger partial charge is 0.497 e. The highest BCUT2D eigenvalue weighted by atomic mass is 32.2. The van der Waals surface area contributed by atoms with Gasteiger partial charge in [-0.25, -0.2) is 19.1 Å². The number of anilines is 3. The van der Waals surface area contributed by atoms with Crippen LogP contribution in [-0.4, -0.2) is 85.6 Å². The van der Waals surface area contributed by atoms with Gasteiger partial charge in [0.1, 0.15) is 46.3 Å². The van der Waals surface area contributed by atoms with E-state index in [4.69, 9.17) is 35.5 Å². The first-order valence-electron chi connectivity index (χ1n) is 24.2. The minimum atomic E-state index is -1.66. The van der Waals surface area contributed by atoms with Gasteiger partial charge in [-0.1, -0.05) is 113 Å². The third kappa shape index (κ3) is 11.5. The number of amides is 2. The van der Waals surface area contributed by atoms with Crippen molar-refractivity contribution in [3.8, 4) is 5.75 Å². The molecule has 6 N–H and O–H groups in total. The summed E-state index contributed by atoms with van der Waals surface area (Å²) in [6.45, 7) is 8.08. The molecule has 4 heterocycles. The lowest BCUT2D eigenvalue weighted by Gasteiger charge is -2.49. The minimum absolute atomic E-state index is 0.0745. The summed E-state index contributed by atoms with van der Waals surface area (Å²) in [5, 5.41) is 12.9. The molecule has 75 heavy (non-hydrogen) atoms. The van der Waals surface area contributed by atoms with Crippen LogP contribution in [0.3, 0.4) is 0 Å². The van der Waals surface area contributed by atoms with E-state index >= 15 is 0 Å².